The molecule has 0 saturated heterocycles. The lowest BCUT2D eigenvalue weighted by molar-refractivity contribution is -0.0731. The van der Waals surface area contributed by atoms with E-state index in [1.165, 1.54) is 19.3 Å². The van der Waals surface area contributed by atoms with Gasteiger partial charge in [-0.25, -0.2) is 0 Å². The molecule has 1 N–H and O–H groups in total. The van der Waals surface area contributed by atoms with Crippen LogP contribution in [0.15, 0.2) is 0 Å². The van der Waals surface area contributed by atoms with Crippen LogP contribution >= 0.6 is 0 Å². The number of ether oxygens (including phenoxy) is 1. The molecule has 4 fully saturated rings. The average molecular weight is 265 g/mol. The molecular formula is C17H31NO. The first kappa shape index (κ1) is 13.9. The van der Waals surface area contributed by atoms with E-state index in [2.05, 4.69) is 26.1 Å². The number of hydrogen-bond donors (Lipinski definition) is 1. The number of hydrogen-bond acceptors (Lipinski definition) is 2. The Labute approximate surface area is 118 Å². The van der Waals surface area contributed by atoms with E-state index in [-0.39, 0.29) is 0 Å². The van der Waals surface area contributed by atoms with Gasteiger partial charge in [0.05, 0.1) is 6.61 Å². The summed E-state index contributed by atoms with van der Waals surface area (Å²) in [7, 11) is 0. The molecule has 2 nitrogen and oxygen atoms in total. The highest BCUT2D eigenvalue weighted by atomic mass is 16.5. The van der Waals surface area contributed by atoms with Crippen LogP contribution in [0.25, 0.3) is 0 Å². The third-order valence-electron chi connectivity index (χ3n) is 6.11. The predicted octanol–water partition coefficient (Wildman–Crippen LogP) is 3.61. The smallest absolute Gasteiger partial charge is 0.0616 e. The summed E-state index contributed by atoms with van der Waals surface area (Å²) >= 11 is 0. The molecule has 19 heavy (non-hydrogen) atoms. The molecule has 2 unspecified atom stereocenters. The van der Waals surface area contributed by atoms with Gasteiger partial charge in [-0.1, -0.05) is 0 Å². The normalized spacial score (nSPS) is 43.4. The Morgan fingerprint density at radius 2 is 1.58 bits per heavy atom. The van der Waals surface area contributed by atoms with Crippen LogP contribution in [0.5, 0.6) is 0 Å². The van der Waals surface area contributed by atoms with Gasteiger partial charge in [0.2, 0.25) is 0 Å². The Morgan fingerprint density at radius 3 is 2.05 bits per heavy atom. The third kappa shape index (κ3) is 2.71. The van der Waals surface area contributed by atoms with Crippen molar-refractivity contribution in [2.45, 2.75) is 71.4 Å². The zero-order chi connectivity index (χ0) is 13.5. The third-order valence-corrected chi connectivity index (χ3v) is 6.11. The quantitative estimate of drug-likeness (QED) is 0.792. The van der Waals surface area contributed by atoms with Crippen molar-refractivity contribution in [3.8, 4) is 0 Å². The van der Waals surface area contributed by atoms with Gasteiger partial charge < -0.3 is 10.1 Å². The maximum absolute atomic E-state index is 5.55. The van der Waals surface area contributed by atoms with Gasteiger partial charge in [-0.05, 0) is 82.5 Å². The second-order valence-electron chi connectivity index (χ2n) is 7.73. The molecule has 0 aromatic carbocycles. The van der Waals surface area contributed by atoms with E-state index in [0.717, 1.165) is 31.0 Å². The van der Waals surface area contributed by atoms with Crippen molar-refractivity contribution in [1.29, 1.82) is 0 Å². The average Bonchev–Trinajstić information content (AvgIpc) is 2.34. The lowest BCUT2D eigenvalue weighted by atomic mass is 9.48. The Morgan fingerprint density at radius 1 is 1.05 bits per heavy atom. The van der Waals surface area contributed by atoms with Crippen molar-refractivity contribution in [3.63, 3.8) is 0 Å². The first-order chi connectivity index (χ1) is 9.11. The van der Waals surface area contributed by atoms with Gasteiger partial charge >= 0.3 is 0 Å². The molecule has 4 saturated carbocycles. The van der Waals surface area contributed by atoms with Gasteiger partial charge in [0.1, 0.15) is 0 Å². The zero-order valence-corrected chi connectivity index (χ0v) is 13.0. The number of rotatable bonds is 6. The highest BCUT2D eigenvalue weighted by Gasteiger charge is 2.53. The van der Waals surface area contributed by atoms with Crippen molar-refractivity contribution in [1.82, 2.24) is 5.32 Å². The van der Waals surface area contributed by atoms with Crippen LogP contribution in [-0.4, -0.2) is 25.3 Å². The molecule has 110 valence electrons. The molecule has 0 amide bonds. The summed E-state index contributed by atoms with van der Waals surface area (Å²) in [5.74, 6) is 3.16. The van der Waals surface area contributed by atoms with E-state index in [1.54, 1.807) is 19.3 Å². The van der Waals surface area contributed by atoms with Gasteiger partial charge in [-0.15, -0.1) is 0 Å². The Bertz CT molecular complexity index is 279. The van der Waals surface area contributed by atoms with Crippen LogP contribution < -0.4 is 5.32 Å². The maximum Gasteiger partial charge on any atom is 0.0616 e. The SMILES string of the molecule is CCOCC(C)NC(C)C12CC3CC(CC(C3)C1)C2. The van der Waals surface area contributed by atoms with Crippen LogP contribution in [0.1, 0.15) is 59.3 Å². The minimum absolute atomic E-state index is 0.489. The van der Waals surface area contributed by atoms with E-state index in [9.17, 15) is 0 Å². The first-order valence-corrected chi connectivity index (χ1v) is 8.45. The summed E-state index contributed by atoms with van der Waals surface area (Å²) in [6.45, 7) is 8.47. The highest BCUT2D eigenvalue weighted by molar-refractivity contribution is 5.05. The zero-order valence-electron chi connectivity index (χ0n) is 13.0. The Kier molecular flexibility index (Phi) is 3.92. The molecule has 4 rings (SSSR count). The number of nitrogens with one attached hydrogen (secondary N) is 1. The van der Waals surface area contributed by atoms with Gasteiger partial charge in [0.25, 0.3) is 0 Å². The molecular weight excluding hydrogens is 234 g/mol. The monoisotopic (exact) mass is 265 g/mol. The molecule has 0 aromatic rings. The molecule has 4 aliphatic rings. The van der Waals surface area contributed by atoms with Crippen LogP contribution in [0.3, 0.4) is 0 Å². The summed E-state index contributed by atoms with van der Waals surface area (Å²) < 4.78 is 5.55. The predicted molar refractivity (Wildman–Crippen MR) is 79.2 cm³/mol. The molecule has 2 heteroatoms. The fraction of sp³-hybridized carbons (Fsp3) is 1.00. The van der Waals surface area contributed by atoms with E-state index in [4.69, 9.17) is 4.74 Å². The van der Waals surface area contributed by atoms with Gasteiger partial charge in [-0.3, -0.25) is 0 Å². The van der Waals surface area contributed by atoms with E-state index in [1.807, 2.05) is 0 Å². The Balaban J connectivity index is 1.61. The van der Waals surface area contributed by atoms with Gasteiger partial charge in [0.15, 0.2) is 0 Å². The molecule has 4 aliphatic carbocycles. The van der Waals surface area contributed by atoms with E-state index in [0.29, 0.717) is 17.5 Å². The van der Waals surface area contributed by atoms with E-state index < -0.39 is 0 Å². The van der Waals surface area contributed by atoms with Crippen molar-refractivity contribution in [3.05, 3.63) is 0 Å². The molecule has 0 aliphatic heterocycles. The van der Waals surface area contributed by atoms with Crippen molar-refractivity contribution < 1.29 is 4.74 Å². The molecule has 4 bridgehead atoms. The second-order valence-corrected chi connectivity index (χ2v) is 7.73. The molecule has 0 radical (unpaired) electrons. The lowest BCUT2D eigenvalue weighted by Crippen LogP contribution is -2.56. The molecule has 0 aromatic heterocycles. The van der Waals surface area contributed by atoms with Crippen molar-refractivity contribution in [2.24, 2.45) is 23.2 Å². The van der Waals surface area contributed by atoms with Crippen molar-refractivity contribution >= 4 is 0 Å². The standard InChI is InChI=1S/C17H31NO/c1-4-19-11-12(2)18-13(3)17-8-14-5-15(9-17)7-16(6-14)10-17/h12-16,18H,4-11H2,1-3H3. The van der Waals surface area contributed by atoms with Crippen LogP contribution in [0.2, 0.25) is 0 Å². The first-order valence-electron chi connectivity index (χ1n) is 8.45. The van der Waals surface area contributed by atoms with Crippen LogP contribution in [-0.2, 0) is 4.74 Å². The van der Waals surface area contributed by atoms with Gasteiger partial charge in [-0.2, -0.15) is 0 Å². The highest BCUT2D eigenvalue weighted by Crippen LogP contribution is 2.61. The second kappa shape index (κ2) is 5.37. The van der Waals surface area contributed by atoms with Crippen molar-refractivity contribution in [2.75, 3.05) is 13.2 Å². The minimum Gasteiger partial charge on any atom is -0.380 e. The largest absolute Gasteiger partial charge is 0.380 e. The summed E-state index contributed by atoms with van der Waals surface area (Å²) in [6, 6.07) is 1.15. The topological polar surface area (TPSA) is 21.3 Å². The summed E-state index contributed by atoms with van der Waals surface area (Å²) in [4.78, 5) is 0. The fourth-order valence-corrected chi connectivity index (χ4v) is 5.65. The van der Waals surface area contributed by atoms with Crippen LogP contribution in [0.4, 0.5) is 0 Å². The van der Waals surface area contributed by atoms with Crippen LogP contribution in [0, 0.1) is 23.2 Å². The summed E-state index contributed by atoms with van der Waals surface area (Å²) in [6.07, 6.45) is 9.11. The Hall–Kier alpha value is -0.0800. The summed E-state index contributed by atoms with van der Waals surface area (Å²) in [5.41, 5.74) is 0.620. The molecule has 0 spiro atoms. The minimum atomic E-state index is 0.489. The lowest BCUT2D eigenvalue weighted by Gasteiger charge is -2.59. The molecule has 2 atom stereocenters. The molecule has 0 heterocycles. The van der Waals surface area contributed by atoms with E-state index >= 15 is 0 Å². The van der Waals surface area contributed by atoms with Gasteiger partial charge in [0, 0.05) is 18.7 Å². The summed E-state index contributed by atoms with van der Waals surface area (Å²) in [5, 5.41) is 3.85. The maximum atomic E-state index is 5.55. The fourth-order valence-electron chi connectivity index (χ4n) is 5.65.